The minimum atomic E-state index is -3.03. The summed E-state index contributed by atoms with van der Waals surface area (Å²) in [7, 11) is -12.1. The molecule has 0 amide bonds. The number of carbonyl (C=O) groups excluding carboxylic acids is 4. The normalized spacial score (nSPS) is 17.7. The molecule has 0 bridgehead atoms. The number of carbonyl (C=O) groups is 4. The Balaban J connectivity index is 0.000000147. The van der Waals surface area contributed by atoms with Crippen molar-refractivity contribution in [3.63, 3.8) is 0 Å². The Morgan fingerprint density at radius 2 is 0.729 bits per heavy atom. The van der Waals surface area contributed by atoms with Gasteiger partial charge in [0.1, 0.15) is 74.8 Å². The van der Waals surface area contributed by atoms with Crippen LogP contribution < -0.4 is 14.2 Å². The molecule has 29 nitrogen and oxygen atoms in total. The zero-order chi connectivity index (χ0) is 94.0. The first-order valence-electron chi connectivity index (χ1n) is 42.4. The zero-order valence-corrected chi connectivity index (χ0v) is 78.2. The smallest absolute Gasteiger partial charge is 0.237 e. The Kier molecular flexibility index (Phi) is 26.8. The van der Waals surface area contributed by atoms with Crippen molar-refractivity contribution >= 4 is 107 Å². The standard InChI is InChI=1S/C24H28FN3O4S.C24H28FN3O3S.2C22H25FN4O4S/c1-15(2)28-20-9-18(21(29)10-24(4)13-33(30,31)14-24)11-26-23(20)22(27-28)17-6-5-7-19(8-17)32-12-16(3)25;1-15(2)28-19-10-17(20(29)11-24(5)13-32(30,31)14-24)12-26-22(19)21(27-28)16-7-6-8-18(9-16)23(3,4)25;1-13(2)27-18-6-15(19(28)7-22(4)11-32(29,30)12-22)9-25-21(18)20(26-27)16-5-17(10-24-8-16)31-14(3)23;1-13(2)27-17-8-15(18(28)9-22(4)11-32(29,30)12-22)10-24-21(17)20(26-27)16-6-5-7-19(25-16)31-14(3)23/h5-9,11,15-16H,10,12-14H2,1-4H3;6-10,12,15H,11,13-14H2,1-5H3;5-6,8-10,13-14H,7,11-12H2,1-4H3;5-8,10,13-14H,9,11-12H2,1-4H3. The van der Waals surface area contributed by atoms with Gasteiger partial charge in [0, 0.05) is 161 Å². The number of aromatic nitrogens is 14. The number of Topliss-reactive ketones (excluding diaryl/α,β-unsaturated/α-hetero) is 4. The molecule has 3 atom stereocenters. The van der Waals surface area contributed by atoms with Crippen molar-refractivity contribution in [2.75, 3.05) is 52.6 Å². The average Bonchev–Trinajstić information content (AvgIpc) is 1.65. The van der Waals surface area contributed by atoms with E-state index in [2.05, 4.69) is 40.1 Å². The number of halogens is 4. The quantitative estimate of drug-likeness (QED) is 0.0325. The van der Waals surface area contributed by atoms with Crippen LogP contribution in [0.5, 0.6) is 17.4 Å². The summed E-state index contributed by atoms with van der Waals surface area (Å²) in [5.74, 6) is 0.652. The maximum atomic E-state index is 14.5. The molecule has 4 saturated heterocycles. The molecule has 4 fully saturated rings. The molecular formula is C92H106F4N14O15S4. The van der Waals surface area contributed by atoms with Crippen LogP contribution in [0, 0.1) is 21.7 Å². The lowest BCUT2D eigenvalue weighted by molar-refractivity contribution is 0.0809. The second-order valence-electron chi connectivity index (χ2n) is 37.5. The molecule has 37 heteroatoms. The lowest BCUT2D eigenvalue weighted by atomic mass is 9.86. The number of ketones is 4. The number of alkyl halides is 4. The van der Waals surface area contributed by atoms with E-state index in [0.717, 1.165) is 22.2 Å². The van der Waals surface area contributed by atoms with E-state index >= 15 is 0 Å². The van der Waals surface area contributed by atoms with Crippen molar-refractivity contribution in [3.05, 3.63) is 162 Å². The molecule has 3 unspecified atom stereocenters. The highest BCUT2D eigenvalue weighted by Crippen LogP contribution is 2.44. The second-order valence-corrected chi connectivity index (χ2v) is 45.7. The molecule has 2 aromatic carbocycles. The van der Waals surface area contributed by atoms with Crippen LogP contribution in [0.3, 0.4) is 0 Å². The van der Waals surface area contributed by atoms with Gasteiger partial charge in [0.05, 0.1) is 80.0 Å². The van der Waals surface area contributed by atoms with E-state index in [9.17, 15) is 70.4 Å². The summed E-state index contributed by atoms with van der Waals surface area (Å²) in [6, 6.07) is 28.2. The molecule has 0 N–H and O–H groups in total. The van der Waals surface area contributed by atoms with Gasteiger partial charge in [-0.15, -0.1) is 0 Å². The van der Waals surface area contributed by atoms with Crippen molar-refractivity contribution in [3.8, 4) is 62.5 Å². The van der Waals surface area contributed by atoms with Crippen LogP contribution in [-0.4, -0.2) is 197 Å². The zero-order valence-electron chi connectivity index (χ0n) is 75.0. The second kappa shape index (κ2) is 36.3. The Hall–Kier alpha value is -11.2. The molecule has 4 aliphatic heterocycles. The van der Waals surface area contributed by atoms with E-state index in [-0.39, 0.29) is 137 Å². The Morgan fingerprint density at radius 1 is 0.403 bits per heavy atom. The molecule has 4 aliphatic rings. The molecule has 0 aliphatic carbocycles. The molecular weight excluding hydrogens is 1750 g/mol. The van der Waals surface area contributed by atoms with Crippen LogP contribution in [0.1, 0.15) is 215 Å². The number of ether oxygens (including phenoxy) is 3. The SMILES string of the molecule is CC(C)n1nc(-c2cccc(C(C)(C)F)c2)c2ncc(C(=O)CC3(C)CS(=O)(=O)C3)cc21.CC(F)COc1cccc(-c2nn(C(C)C)c3cc(C(=O)CC4(C)CS(=O)(=O)C4)cnc23)c1.CC(F)Oc1cccc(-c2nn(C(C)C)c3cc(C(=O)CC4(C)CS(=O)(=O)C4)cnc23)n1.CC(F)Oc1cncc(-c2nn(C(C)C)c3cc(C(=O)CC4(C)CS(=O)(=O)C4)cnc23)c1. The van der Waals surface area contributed by atoms with Gasteiger partial charge in [-0.3, -0.25) is 62.8 Å². The molecule has 129 heavy (non-hydrogen) atoms. The van der Waals surface area contributed by atoms with Crippen molar-refractivity contribution in [1.29, 1.82) is 0 Å². The minimum absolute atomic E-state index is 0.00838. The van der Waals surface area contributed by atoms with E-state index in [4.69, 9.17) is 24.4 Å². The van der Waals surface area contributed by atoms with Crippen LogP contribution in [0.4, 0.5) is 17.6 Å². The number of rotatable bonds is 28. The van der Waals surface area contributed by atoms with Gasteiger partial charge in [0.15, 0.2) is 62.5 Å². The lowest BCUT2D eigenvalue weighted by Gasteiger charge is -2.37. The number of nitrogens with zero attached hydrogens (tertiary/aromatic N) is 14. The maximum Gasteiger partial charge on any atom is 0.237 e. The van der Waals surface area contributed by atoms with Gasteiger partial charge in [0.2, 0.25) is 18.6 Å². The highest BCUT2D eigenvalue weighted by Gasteiger charge is 2.49. The van der Waals surface area contributed by atoms with Crippen LogP contribution in [0.25, 0.3) is 89.3 Å². The molecule has 0 radical (unpaired) electrons. The summed E-state index contributed by atoms with van der Waals surface area (Å²) in [6.45, 7) is 30.1. The van der Waals surface area contributed by atoms with E-state index in [1.54, 1.807) is 94.4 Å². The topological polar surface area (TPSA) is 381 Å². The van der Waals surface area contributed by atoms with Gasteiger partial charge in [-0.05, 0) is 136 Å². The van der Waals surface area contributed by atoms with Gasteiger partial charge in [-0.25, -0.2) is 56.2 Å². The largest absolute Gasteiger partial charge is 0.491 e. The van der Waals surface area contributed by atoms with Gasteiger partial charge in [-0.1, -0.05) is 64.1 Å². The summed E-state index contributed by atoms with van der Waals surface area (Å²) in [5, 5.41) is 18.8. The summed E-state index contributed by atoms with van der Waals surface area (Å²) in [5.41, 5.74) is 8.85. The first-order chi connectivity index (χ1) is 60.2. The Bertz CT molecular complexity index is 6610. The number of sulfone groups is 4. The monoisotopic (exact) mass is 1850 g/mol. The van der Waals surface area contributed by atoms with Crippen LogP contribution in [-0.2, 0) is 45.0 Å². The first kappa shape index (κ1) is 95.4. The summed E-state index contributed by atoms with van der Waals surface area (Å²) in [4.78, 5) is 78.2. The number of pyridine rings is 6. The predicted molar refractivity (Wildman–Crippen MR) is 484 cm³/mol. The molecule has 16 rings (SSSR count). The van der Waals surface area contributed by atoms with Crippen molar-refractivity contribution in [2.24, 2.45) is 21.7 Å². The molecule has 14 heterocycles. The molecule has 10 aromatic heterocycles. The lowest BCUT2D eigenvalue weighted by Crippen LogP contribution is -2.47. The first-order valence-corrected chi connectivity index (χ1v) is 49.6. The third-order valence-corrected chi connectivity index (χ3v) is 31.4. The van der Waals surface area contributed by atoms with Crippen LogP contribution in [0.2, 0.25) is 0 Å². The number of benzene rings is 2. The number of hydrogen-bond donors (Lipinski definition) is 0. The van der Waals surface area contributed by atoms with E-state index in [1.165, 1.54) is 65.6 Å². The third kappa shape index (κ3) is 22.1. The van der Waals surface area contributed by atoms with Crippen molar-refractivity contribution in [1.82, 2.24) is 69.0 Å². The average molecular weight is 1850 g/mol. The highest BCUT2D eigenvalue weighted by molar-refractivity contribution is 7.93. The highest BCUT2D eigenvalue weighted by atomic mass is 32.2. The molecule has 12 aromatic rings. The van der Waals surface area contributed by atoms with E-state index in [1.807, 2.05) is 111 Å². The Labute approximate surface area is 746 Å². The maximum absolute atomic E-state index is 14.5. The fourth-order valence-electron chi connectivity index (χ4n) is 17.0. The summed E-state index contributed by atoms with van der Waals surface area (Å²) >= 11 is 0. The molecule has 686 valence electrons. The molecule has 0 saturated carbocycles. The van der Waals surface area contributed by atoms with Gasteiger partial charge in [0.25, 0.3) is 0 Å². The van der Waals surface area contributed by atoms with Gasteiger partial charge in [-0.2, -0.15) is 20.4 Å². The third-order valence-electron chi connectivity index (χ3n) is 22.3. The van der Waals surface area contributed by atoms with Gasteiger partial charge < -0.3 is 14.2 Å². The fraction of sp³-hybridized carbons (Fsp3) is 0.457. The van der Waals surface area contributed by atoms with E-state index in [0.29, 0.717) is 101 Å². The minimum Gasteiger partial charge on any atom is -0.491 e. The summed E-state index contributed by atoms with van der Waals surface area (Å²) < 4.78 is 170. The number of hydrogen-bond acceptors (Lipinski definition) is 25. The predicted octanol–water partition coefficient (Wildman–Crippen LogP) is 16.9. The van der Waals surface area contributed by atoms with Crippen molar-refractivity contribution < 1.29 is 84.6 Å². The van der Waals surface area contributed by atoms with E-state index < -0.39 is 85.6 Å². The Morgan fingerprint density at radius 3 is 1.07 bits per heavy atom. The van der Waals surface area contributed by atoms with Gasteiger partial charge >= 0.3 is 0 Å². The fourth-order valence-corrected chi connectivity index (χ4v) is 26.0. The number of fused-ring (bicyclic) bond motifs is 4. The summed E-state index contributed by atoms with van der Waals surface area (Å²) in [6.07, 6.45) is 5.62. The van der Waals surface area contributed by atoms with Crippen molar-refractivity contribution in [2.45, 2.75) is 192 Å². The molecule has 0 spiro atoms. The van der Waals surface area contributed by atoms with Crippen LogP contribution in [0.15, 0.2) is 134 Å². The van der Waals surface area contributed by atoms with Crippen LogP contribution >= 0.6 is 0 Å².